The van der Waals surface area contributed by atoms with Crippen molar-refractivity contribution in [3.63, 3.8) is 0 Å². The number of benzene rings is 4. The van der Waals surface area contributed by atoms with Crippen molar-refractivity contribution >= 4 is 30.0 Å². The number of anilines is 1. The summed E-state index contributed by atoms with van der Waals surface area (Å²) >= 11 is 0. The molecule has 0 radical (unpaired) electrons. The molecule has 2 amide bonds. The third-order valence-electron chi connectivity index (χ3n) is 12.5. The molecule has 0 fully saturated rings. The fourth-order valence-corrected chi connectivity index (χ4v) is 11.5. The van der Waals surface area contributed by atoms with Gasteiger partial charge in [0.1, 0.15) is 16.0 Å². The van der Waals surface area contributed by atoms with Crippen LogP contribution in [0.5, 0.6) is 5.88 Å². The summed E-state index contributed by atoms with van der Waals surface area (Å²) in [6.07, 6.45) is 6.26. The molecule has 0 saturated heterocycles. The van der Waals surface area contributed by atoms with Gasteiger partial charge in [0.2, 0.25) is 5.88 Å². The molecule has 2 atom stereocenters. The second-order valence-electron chi connectivity index (χ2n) is 18.0. The SMILES string of the molecule is CC1(C)Cn2ncc([S@](=O)(=NC(=O)Nc3c4c(cc5c3[C@H](CO[Si](C)(C)C(C)(C)C)CC5)CCC4)NC(c3ccccc3)(c3ccccc3)c3ccccc3)c2O1. The minimum absolute atomic E-state index is 0.0804. The van der Waals surface area contributed by atoms with E-state index in [1.807, 2.05) is 105 Å². The summed E-state index contributed by atoms with van der Waals surface area (Å²) in [4.78, 5) is 15.0. The number of nitrogens with zero attached hydrogens (tertiary/aromatic N) is 3. The Bertz CT molecular complexity index is 2320. The molecule has 0 unspecified atom stereocenters. The van der Waals surface area contributed by atoms with E-state index in [9.17, 15) is 4.79 Å². The number of aryl methyl sites for hydroxylation is 2. The summed E-state index contributed by atoms with van der Waals surface area (Å²) in [6.45, 7) is 16.4. The van der Waals surface area contributed by atoms with E-state index in [-0.39, 0.29) is 15.9 Å². The van der Waals surface area contributed by atoms with Gasteiger partial charge in [-0.3, -0.25) is 0 Å². The van der Waals surface area contributed by atoms with Crippen LogP contribution in [0.1, 0.15) is 92.3 Å². The van der Waals surface area contributed by atoms with Gasteiger partial charge in [-0.15, -0.1) is 4.36 Å². The Balaban J connectivity index is 1.28. The molecule has 9 nitrogen and oxygen atoms in total. The Morgan fingerprint density at radius 2 is 1.53 bits per heavy atom. The number of nitrogens with one attached hydrogen (secondary N) is 2. The number of carbonyl (C=O) groups is 1. The highest BCUT2D eigenvalue weighted by Crippen LogP contribution is 2.47. The topological polar surface area (TPSA) is 107 Å². The second kappa shape index (κ2) is 14.7. The van der Waals surface area contributed by atoms with E-state index >= 15 is 4.21 Å². The van der Waals surface area contributed by atoms with Gasteiger partial charge >= 0.3 is 6.03 Å². The van der Waals surface area contributed by atoms with E-state index in [0.717, 1.165) is 65.6 Å². The minimum Gasteiger partial charge on any atom is -0.469 e. The molecule has 2 aliphatic carbocycles. The van der Waals surface area contributed by atoms with E-state index in [1.54, 1.807) is 4.68 Å². The Kier molecular flexibility index (Phi) is 10.1. The molecule has 3 aliphatic rings. The zero-order valence-corrected chi connectivity index (χ0v) is 36.0. The number of ether oxygens (including phenoxy) is 1. The molecule has 57 heavy (non-hydrogen) atoms. The Labute approximate surface area is 339 Å². The zero-order chi connectivity index (χ0) is 40.2. The average molecular weight is 802 g/mol. The number of carbonyl (C=O) groups excluding carboxylic acids is 1. The Hall–Kier alpha value is -4.55. The molecule has 0 bridgehead atoms. The third kappa shape index (κ3) is 7.28. The lowest BCUT2D eigenvalue weighted by molar-refractivity contribution is 0.132. The van der Waals surface area contributed by atoms with Gasteiger partial charge in [0.05, 0.1) is 12.7 Å². The lowest BCUT2D eigenvalue weighted by Crippen LogP contribution is -2.48. The standard InChI is InChI=1S/C46H55N5O4SSi/c1-44(2,3)57(6,7)54-30-34-27-26-33-28-32-18-17-25-38(32)41(40(33)34)48-43(52)49-56(53,39-29-47-51-31-45(4,5)55-42(39)51)50-46(35-19-11-8-12-20-35,36-21-13-9-14-22-36)37-23-15-10-16-24-37/h8-16,19-24,28-29,34H,17-18,25-27,30-31H2,1-7H3,(H2,48,49,50,52,53)/t34-,56-/m0/s1. The van der Waals surface area contributed by atoms with Gasteiger partial charge in [0, 0.05) is 18.2 Å². The van der Waals surface area contributed by atoms with Crippen molar-refractivity contribution in [2.45, 2.75) is 113 Å². The number of urea groups is 1. The highest BCUT2D eigenvalue weighted by Gasteiger charge is 2.44. The van der Waals surface area contributed by atoms with Gasteiger partial charge in [-0.05, 0) is 103 Å². The minimum atomic E-state index is -3.87. The first-order chi connectivity index (χ1) is 27.1. The highest BCUT2D eigenvalue weighted by atomic mass is 32.2. The molecule has 11 heteroatoms. The van der Waals surface area contributed by atoms with E-state index < -0.39 is 35.4 Å². The van der Waals surface area contributed by atoms with Crippen LogP contribution in [0.25, 0.3) is 0 Å². The Morgan fingerprint density at radius 3 is 2.11 bits per heavy atom. The van der Waals surface area contributed by atoms with Crippen LogP contribution in [0, 0.1) is 0 Å². The maximum atomic E-state index is 16.3. The lowest BCUT2D eigenvalue weighted by atomic mass is 9.78. The van der Waals surface area contributed by atoms with Crippen molar-refractivity contribution in [1.29, 1.82) is 0 Å². The van der Waals surface area contributed by atoms with Gasteiger partial charge < -0.3 is 14.5 Å². The maximum absolute atomic E-state index is 16.3. The Morgan fingerprint density at radius 1 is 0.930 bits per heavy atom. The predicted octanol–water partition coefficient (Wildman–Crippen LogP) is 10.2. The molecular formula is C46H55N5O4SSi. The van der Waals surface area contributed by atoms with Crippen molar-refractivity contribution in [2.24, 2.45) is 4.36 Å². The largest absolute Gasteiger partial charge is 0.469 e. The van der Waals surface area contributed by atoms with Crippen LogP contribution >= 0.6 is 0 Å². The molecule has 298 valence electrons. The zero-order valence-electron chi connectivity index (χ0n) is 34.2. The van der Waals surface area contributed by atoms with Gasteiger partial charge in [-0.2, -0.15) is 5.10 Å². The molecule has 1 aliphatic heterocycles. The highest BCUT2D eigenvalue weighted by molar-refractivity contribution is 7.92. The van der Waals surface area contributed by atoms with Crippen molar-refractivity contribution in [3.8, 4) is 5.88 Å². The quantitative estimate of drug-likeness (QED) is 0.108. The van der Waals surface area contributed by atoms with Crippen LogP contribution in [-0.4, -0.2) is 40.5 Å². The van der Waals surface area contributed by atoms with Crippen LogP contribution in [0.2, 0.25) is 18.1 Å². The van der Waals surface area contributed by atoms with E-state index in [4.69, 9.17) is 13.5 Å². The van der Waals surface area contributed by atoms with E-state index in [0.29, 0.717) is 19.0 Å². The molecular weight excluding hydrogens is 747 g/mol. The fraction of sp³-hybridized carbons (Fsp3) is 0.391. The number of fused-ring (bicyclic) bond motifs is 3. The number of amides is 2. The third-order valence-corrected chi connectivity index (χ3v) is 18.8. The van der Waals surface area contributed by atoms with Gasteiger partial charge in [-0.1, -0.05) is 118 Å². The number of aromatic nitrogens is 2. The summed E-state index contributed by atoms with van der Waals surface area (Å²) in [7, 11) is -5.90. The van der Waals surface area contributed by atoms with E-state index in [1.165, 1.54) is 17.3 Å². The van der Waals surface area contributed by atoms with Crippen molar-refractivity contribution < 1.29 is 18.2 Å². The molecule has 0 spiro atoms. The molecule has 8 rings (SSSR count). The molecule has 2 heterocycles. The second-order valence-corrected chi connectivity index (χ2v) is 24.6. The molecule has 2 N–H and O–H groups in total. The molecule has 5 aromatic rings. The van der Waals surface area contributed by atoms with Crippen molar-refractivity contribution in [1.82, 2.24) is 14.5 Å². The van der Waals surface area contributed by atoms with Crippen LogP contribution in [0.3, 0.4) is 0 Å². The van der Waals surface area contributed by atoms with Crippen LogP contribution in [-0.2, 0) is 45.7 Å². The normalized spacial score (nSPS) is 18.3. The molecule has 0 saturated carbocycles. The summed E-state index contributed by atoms with van der Waals surface area (Å²) in [5.41, 5.74) is 6.33. The van der Waals surface area contributed by atoms with Crippen LogP contribution < -0.4 is 14.8 Å². The number of hydrogen-bond acceptors (Lipinski definition) is 5. The molecule has 4 aromatic carbocycles. The van der Waals surface area contributed by atoms with Gasteiger partial charge in [0.25, 0.3) is 0 Å². The summed E-state index contributed by atoms with van der Waals surface area (Å²) < 4.78 is 39.6. The van der Waals surface area contributed by atoms with Crippen LogP contribution in [0.15, 0.2) is 113 Å². The first-order valence-corrected chi connectivity index (χ1v) is 24.6. The fourth-order valence-electron chi connectivity index (χ4n) is 8.54. The first-order valence-electron chi connectivity index (χ1n) is 20.2. The summed E-state index contributed by atoms with van der Waals surface area (Å²) in [5, 5.41) is 7.98. The van der Waals surface area contributed by atoms with Crippen molar-refractivity contribution in [2.75, 3.05) is 11.9 Å². The van der Waals surface area contributed by atoms with Crippen molar-refractivity contribution in [3.05, 3.63) is 142 Å². The first kappa shape index (κ1) is 39.3. The average Bonchev–Trinajstić information content (AvgIpc) is 3.97. The molecule has 1 aromatic heterocycles. The van der Waals surface area contributed by atoms with Crippen LogP contribution in [0.4, 0.5) is 10.5 Å². The predicted molar refractivity (Wildman–Crippen MR) is 230 cm³/mol. The monoisotopic (exact) mass is 801 g/mol. The van der Waals surface area contributed by atoms with Gasteiger partial charge in [-0.25, -0.2) is 18.4 Å². The lowest BCUT2D eigenvalue weighted by Gasteiger charge is -2.37. The van der Waals surface area contributed by atoms with E-state index in [2.05, 4.69) is 55.1 Å². The van der Waals surface area contributed by atoms with Gasteiger partial charge in [0.15, 0.2) is 18.2 Å². The number of rotatable bonds is 10. The summed E-state index contributed by atoms with van der Waals surface area (Å²) in [6, 6.07) is 31.4. The summed E-state index contributed by atoms with van der Waals surface area (Å²) in [5.74, 6) is 0.468. The smallest absolute Gasteiger partial charge is 0.354 e. The maximum Gasteiger partial charge on any atom is 0.354 e. The number of hydrogen-bond donors (Lipinski definition) is 2.